The molecular formula is C21H24N2O4S. The van der Waals surface area contributed by atoms with Crippen molar-refractivity contribution in [3.05, 3.63) is 41.5 Å². The van der Waals surface area contributed by atoms with E-state index in [4.69, 9.17) is 14.2 Å². The number of carbonyl (C=O) groups excluding carboxylic acids is 1. The SMILES string of the molecule is CCc1ccc2nc(NC(=O)CCc3cc(OC)c(OC)c(OC)c3)sc2c1. The monoisotopic (exact) mass is 400 g/mol. The molecule has 0 bridgehead atoms. The van der Waals surface area contributed by atoms with Gasteiger partial charge >= 0.3 is 0 Å². The van der Waals surface area contributed by atoms with Crippen molar-refractivity contribution >= 4 is 32.6 Å². The molecule has 3 rings (SSSR count). The molecular weight excluding hydrogens is 376 g/mol. The zero-order valence-electron chi connectivity index (χ0n) is 16.5. The van der Waals surface area contributed by atoms with E-state index in [-0.39, 0.29) is 5.91 Å². The van der Waals surface area contributed by atoms with Crippen molar-refractivity contribution in [1.29, 1.82) is 0 Å². The molecule has 0 saturated heterocycles. The van der Waals surface area contributed by atoms with Crippen LogP contribution >= 0.6 is 11.3 Å². The van der Waals surface area contributed by atoms with Crippen LogP contribution < -0.4 is 19.5 Å². The normalized spacial score (nSPS) is 10.7. The molecule has 3 aromatic rings. The lowest BCUT2D eigenvalue weighted by atomic mass is 10.1. The van der Waals surface area contributed by atoms with Crippen molar-refractivity contribution in [2.45, 2.75) is 26.2 Å². The number of nitrogens with one attached hydrogen (secondary N) is 1. The first-order valence-electron chi connectivity index (χ1n) is 9.06. The summed E-state index contributed by atoms with van der Waals surface area (Å²) in [6, 6.07) is 9.91. The predicted molar refractivity (Wildman–Crippen MR) is 112 cm³/mol. The van der Waals surface area contributed by atoms with Crippen LogP contribution in [-0.4, -0.2) is 32.2 Å². The van der Waals surface area contributed by atoms with Gasteiger partial charge < -0.3 is 19.5 Å². The summed E-state index contributed by atoms with van der Waals surface area (Å²) in [7, 11) is 4.71. The van der Waals surface area contributed by atoms with Gasteiger partial charge in [0.1, 0.15) is 0 Å². The highest BCUT2D eigenvalue weighted by Gasteiger charge is 2.14. The van der Waals surface area contributed by atoms with Gasteiger partial charge in [0.25, 0.3) is 0 Å². The lowest BCUT2D eigenvalue weighted by Crippen LogP contribution is -2.12. The lowest BCUT2D eigenvalue weighted by molar-refractivity contribution is -0.116. The Morgan fingerprint density at radius 1 is 1.04 bits per heavy atom. The van der Waals surface area contributed by atoms with Gasteiger partial charge in [-0.15, -0.1) is 0 Å². The number of carbonyl (C=O) groups is 1. The van der Waals surface area contributed by atoms with E-state index in [1.54, 1.807) is 21.3 Å². The molecule has 7 heteroatoms. The third-order valence-electron chi connectivity index (χ3n) is 4.47. The van der Waals surface area contributed by atoms with Crippen molar-refractivity contribution < 1.29 is 19.0 Å². The number of thiazole rings is 1. The average molecular weight is 401 g/mol. The van der Waals surface area contributed by atoms with Crippen LogP contribution in [0.2, 0.25) is 0 Å². The molecule has 28 heavy (non-hydrogen) atoms. The molecule has 0 radical (unpaired) electrons. The molecule has 148 valence electrons. The molecule has 1 aromatic heterocycles. The quantitative estimate of drug-likeness (QED) is 0.605. The summed E-state index contributed by atoms with van der Waals surface area (Å²) in [5, 5.41) is 3.52. The van der Waals surface area contributed by atoms with Gasteiger partial charge in [-0.1, -0.05) is 24.3 Å². The minimum Gasteiger partial charge on any atom is -0.493 e. The van der Waals surface area contributed by atoms with E-state index in [2.05, 4.69) is 29.4 Å². The maximum Gasteiger partial charge on any atom is 0.226 e. The molecule has 1 amide bonds. The zero-order chi connectivity index (χ0) is 20.1. The summed E-state index contributed by atoms with van der Waals surface area (Å²) in [4.78, 5) is 16.9. The van der Waals surface area contributed by atoms with Crippen LogP contribution in [0.25, 0.3) is 10.2 Å². The molecule has 0 aliphatic carbocycles. The summed E-state index contributed by atoms with van der Waals surface area (Å²) < 4.78 is 17.1. The first-order valence-corrected chi connectivity index (χ1v) is 9.87. The number of fused-ring (bicyclic) bond motifs is 1. The van der Waals surface area contributed by atoms with Crippen molar-refractivity contribution in [3.63, 3.8) is 0 Å². The van der Waals surface area contributed by atoms with Gasteiger partial charge in [0, 0.05) is 6.42 Å². The fourth-order valence-corrected chi connectivity index (χ4v) is 3.91. The van der Waals surface area contributed by atoms with Crippen LogP contribution in [0.3, 0.4) is 0 Å². The van der Waals surface area contributed by atoms with Crippen molar-refractivity contribution in [1.82, 2.24) is 4.98 Å². The number of benzene rings is 2. The van der Waals surface area contributed by atoms with Crippen LogP contribution in [0.5, 0.6) is 17.2 Å². The van der Waals surface area contributed by atoms with Crippen LogP contribution in [0.15, 0.2) is 30.3 Å². The van der Waals surface area contributed by atoms with Crippen LogP contribution in [0, 0.1) is 0 Å². The highest BCUT2D eigenvalue weighted by Crippen LogP contribution is 2.38. The fourth-order valence-electron chi connectivity index (χ4n) is 2.96. The largest absolute Gasteiger partial charge is 0.493 e. The molecule has 6 nitrogen and oxygen atoms in total. The molecule has 0 atom stereocenters. The van der Waals surface area contributed by atoms with Gasteiger partial charge in [-0.05, 0) is 48.2 Å². The number of aryl methyl sites for hydroxylation is 2. The number of ether oxygens (including phenoxy) is 3. The molecule has 0 fully saturated rings. The summed E-state index contributed by atoms with van der Waals surface area (Å²) in [6.45, 7) is 2.12. The molecule has 0 unspecified atom stereocenters. The second-order valence-electron chi connectivity index (χ2n) is 6.26. The number of nitrogens with zero attached hydrogens (tertiary/aromatic N) is 1. The van der Waals surface area contributed by atoms with Crippen LogP contribution in [-0.2, 0) is 17.6 Å². The smallest absolute Gasteiger partial charge is 0.226 e. The number of methoxy groups -OCH3 is 3. The molecule has 1 N–H and O–H groups in total. The Morgan fingerprint density at radius 2 is 1.75 bits per heavy atom. The number of amides is 1. The molecule has 0 aliphatic heterocycles. The van der Waals surface area contributed by atoms with Gasteiger partial charge in [-0.25, -0.2) is 4.98 Å². The summed E-state index contributed by atoms with van der Waals surface area (Å²) in [5.74, 6) is 1.62. The van der Waals surface area contributed by atoms with Gasteiger partial charge in [0.2, 0.25) is 11.7 Å². The van der Waals surface area contributed by atoms with Crippen molar-refractivity contribution in [3.8, 4) is 17.2 Å². The zero-order valence-corrected chi connectivity index (χ0v) is 17.3. The molecule has 0 spiro atoms. The Kier molecular flexibility index (Phi) is 6.36. The molecule has 2 aromatic carbocycles. The van der Waals surface area contributed by atoms with Crippen LogP contribution in [0.1, 0.15) is 24.5 Å². The Balaban J connectivity index is 1.67. The second kappa shape index (κ2) is 8.93. The van der Waals surface area contributed by atoms with Crippen LogP contribution in [0.4, 0.5) is 5.13 Å². The standard InChI is InChI=1S/C21H24N2O4S/c1-5-13-6-8-15-18(12-13)28-21(22-15)23-19(24)9-7-14-10-16(25-2)20(27-4)17(11-14)26-3/h6,8,10-12H,5,7,9H2,1-4H3,(H,22,23,24). The van der Waals surface area contributed by atoms with Gasteiger partial charge in [0.15, 0.2) is 16.6 Å². The number of aromatic nitrogens is 1. The molecule has 0 saturated carbocycles. The number of rotatable bonds is 8. The van der Waals surface area contributed by atoms with Gasteiger partial charge in [-0.3, -0.25) is 4.79 Å². The molecule has 0 aliphatic rings. The van der Waals surface area contributed by atoms with Crippen molar-refractivity contribution in [2.75, 3.05) is 26.6 Å². The third-order valence-corrected chi connectivity index (χ3v) is 5.41. The topological polar surface area (TPSA) is 69.7 Å². The first kappa shape index (κ1) is 19.9. The van der Waals surface area contributed by atoms with E-state index < -0.39 is 0 Å². The Bertz CT molecular complexity index is 959. The Labute approximate surface area is 168 Å². The van der Waals surface area contributed by atoms with E-state index >= 15 is 0 Å². The second-order valence-corrected chi connectivity index (χ2v) is 7.29. The maximum absolute atomic E-state index is 12.4. The number of anilines is 1. The molecule has 1 heterocycles. The summed E-state index contributed by atoms with van der Waals surface area (Å²) >= 11 is 1.49. The highest BCUT2D eigenvalue weighted by molar-refractivity contribution is 7.22. The van der Waals surface area contributed by atoms with E-state index in [1.165, 1.54) is 16.9 Å². The minimum absolute atomic E-state index is 0.0801. The third kappa shape index (κ3) is 4.36. The fraction of sp³-hybridized carbons (Fsp3) is 0.333. The number of hydrogen-bond donors (Lipinski definition) is 1. The predicted octanol–water partition coefficient (Wildman–Crippen LogP) is 4.46. The van der Waals surface area contributed by atoms with Gasteiger partial charge in [-0.2, -0.15) is 0 Å². The maximum atomic E-state index is 12.4. The van der Waals surface area contributed by atoms with E-state index in [0.717, 1.165) is 22.2 Å². The summed E-state index contributed by atoms with van der Waals surface area (Å²) in [6.07, 6.45) is 1.85. The lowest BCUT2D eigenvalue weighted by Gasteiger charge is -2.14. The van der Waals surface area contributed by atoms with E-state index in [0.29, 0.717) is 35.2 Å². The Morgan fingerprint density at radius 3 is 2.36 bits per heavy atom. The number of hydrogen-bond acceptors (Lipinski definition) is 6. The van der Waals surface area contributed by atoms with Gasteiger partial charge in [0.05, 0.1) is 31.5 Å². The van der Waals surface area contributed by atoms with E-state index in [1.807, 2.05) is 18.2 Å². The minimum atomic E-state index is -0.0801. The Hall–Kier alpha value is -2.80. The average Bonchev–Trinajstić information content (AvgIpc) is 3.12. The highest BCUT2D eigenvalue weighted by atomic mass is 32.1. The van der Waals surface area contributed by atoms with Crippen molar-refractivity contribution in [2.24, 2.45) is 0 Å². The first-order chi connectivity index (χ1) is 13.6. The summed E-state index contributed by atoms with van der Waals surface area (Å²) in [5.41, 5.74) is 3.10. The van der Waals surface area contributed by atoms with E-state index in [9.17, 15) is 4.79 Å².